The number of nitrogens with one attached hydrogen (secondary N) is 2. The van der Waals surface area contributed by atoms with Crippen LogP contribution in [-0.2, 0) is 27.5 Å². The predicted molar refractivity (Wildman–Crippen MR) is 182 cm³/mol. The maximum Gasteiger partial charge on any atom is 0.490 e. The van der Waals surface area contributed by atoms with Gasteiger partial charge in [0, 0.05) is 23.1 Å². The SMILES string of the molecule is CN[C@@H](C)C(=O)N[C@H]1CN(Cc2ccc(C#N)cc2)c2ccccc2N(Cc2c(OC)ccc3cc(Br)ccc23)C1=O.O=C(O)C(F)(F)F. The molecule has 4 aromatic carbocycles. The van der Waals surface area contributed by atoms with Gasteiger partial charge in [-0.05, 0) is 72.8 Å². The summed E-state index contributed by atoms with van der Waals surface area (Å²) >= 11 is 3.56. The summed E-state index contributed by atoms with van der Waals surface area (Å²) in [6.07, 6.45) is -5.08. The standard InChI is InChI=1S/C33H32BrN5O3.C2HF3O2/c1-21(36-2)32(40)37-28-20-38(18-23-10-8-22(17-35)9-11-23)29-6-4-5-7-30(29)39(33(28)41)19-27-26-14-13-25(34)16-24(26)12-15-31(27)42-3;3-2(4,5)1(6)7/h4-16,21,28,36H,18-20H2,1-3H3,(H,37,40);(H,6,7)/t21-,28-;/m0./s1. The van der Waals surface area contributed by atoms with Gasteiger partial charge < -0.3 is 30.3 Å². The monoisotopic (exact) mass is 739 g/mol. The van der Waals surface area contributed by atoms with Crippen molar-refractivity contribution in [2.45, 2.75) is 38.3 Å². The highest BCUT2D eigenvalue weighted by Crippen LogP contribution is 2.38. The lowest BCUT2D eigenvalue weighted by atomic mass is 10.0. The van der Waals surface area contributed by atoms with Gasteiger partial charge >= 0.3 is 12.1 Å². The van der Waals surface area contributed by atoms with Gasteiger partial charge in [-0.1, -0.05) is 52.3 Å². The van der Waals surface area contributed by atoms with Crippen molar-refractivity contribution in [1.82, 2.24) is 10.6 Å². The average molecular weight is 741 g/mol. The Hall–Kier alpha value is -5.13. The second kappa shape index (κ2) is 15.8. The van der Waals surface area contributed by atoms with E-state index in [4.69, 9.17) is 14.6 Å². The molecule has 2 atom stereocenters. The molecule has 1 aliphatic rings. The first-order valence-corrected chi connectivity index (χ1v) is 15.7. The van der Waals surface area contributed by atoms with Crippen molar-refractivity contribution in [1.29, 1.82) is 5.26 Å². The molecule has 4 aromatic rings. The smallest absolute Gasteiger partial charge is 0.490 e. The molecule has 1 aliphatic heterocycles. The van der Waals surface area contributed by atoms with Crippen LogP contribution in [0.25, 0.3) is 10.8 Å². The van der Waals surface area contributed by atoms with Crippen LogP contribution in [0.4, 0.5) is 24.5 Å². The third-order valence-electron chi connectivity index (χ3n) is 7.91. The molecule has 0 saturated carbocycles. The van der Waals surface area contributed by atoms with E-state index in [2.05, 4.69) is 37.5 Å². The van der Waals surface area contributed by atoms with Crippen LogP contribution < -0.4 is 25.2 Å². The number of carbonyl (C=O) groups excluding carboxylic acids is 2. The van der Waals surface area contributed by atoms with Crippen LogP contribution in [0.15, 0.2) is 83.3 Å². The highest BCUT2D eigenvalue weighted by Gasteiger charge is 2.38. The number of aliphatic carboxylic acids is 1. The molecule has 5 rings (SSSR count). The summed E-state index contributed by atoms with van der Waals surface area (Å²) in [7, 11) is 3.34. The van der Waals surface area contributed by atoms with E-state index in [-0.39, 0.29) is 24.9 Å². The number of ether oxygens (including phenoxy) is 1. The number of benzene rings is 4. The largest absolute Gasteiger partial charge is 0.496 e. The minimum atomic E-state index is -5.08. The number of anilines is 2. The lowest BCUT2D eigenvalue weighted by molar-refractivity contribution is -0.192. The fourth-order valence-electron chi connectivity index (χ4n) is 5.27. The highest BCUT2D eigenvalue weighted by atomic mass is 79.9. The number of nitriles is 1. The van der Waals surface area contributed by atoms with Crippen LogP contribution in [-0.4, -0.2) is 61.9 Å². The number of methoxy groups -OCH3 is 1. The first kappa shape index (κ1) is 36.7. The summed E-state index contributed by atoms with van der Waals surface area (Å²) in [6, 6.07) is 26.0. The van der Waals surface area contributed by atoms with Crippen molar-refractivity contribution in [2.75, 3.05) is 30.5 Å². The minimum Gasteiger partial charge on any atom is -0.496 e. The van der Waals surface area contributed by atoms with E-state index in [0.29, 0.717) is 17.9 Å². The summed E-state index contributed by atoms with van der Waals surface area (Å²) in [6.45, 7) is 2.77. The zero-order valence-corrected chi connectivity index (χ0v) is 28.3. The number of carboxylic acids is 1. The summed E-state index contributed by atoms with van der Waals surface area (Å²) in [5.74, 6) is -2.55. The summed E-state index contributed by atoms with van der Waals surface area (Å²) in [4.78, 5) is 40.2. The van der Waals surface area contributed by atoms with Crippen LogP contribution in [0.3, 0.4) is 0 Å². The van der Waals surface area contributed by atoms with Crippen LogP contribution >= 0.6 is 15.9 Å². The van der Waals surface area contributed by atoms with Gasteiger partial charge in [0.2, 0.25) is 5.91 Å². The molecule has 0 fully saturated rings. The molecule has 0 saturated heterocycles. The van der Waals surface area contributed by atoms with E-state index in [0.717, 1.165) is 37.7 Å². The van der Waals surface area contributed by atoms with Crippen molar-refractivity contribution >= 4 is 55.9 Å². The van der Waals surface area contributed by atoms with E-state index in [1.807, 2.05) is 66.7 Å². The molecule has 14 heteroatoms. The van der Waals surface area contributed by atoms with Crippen molar-refractivity contribution in [3.05, 3.63) is 100 Å². The van der Waals surface area contributed by atoms with E-state index >= 15 is 0 Å². The van der Waals surface area contributed by atoms with Gasteiger partial charge in [0.25, 0.3) is 5.91 Å². The van der Waals surface area contributed by atoms with Crippen LogP contribution in [0.5, 0.6) is 5.75 Å². The number of halogens is 4. The summed E-state index contributed by atoms with van der Waals surface area (Å²) < 4.78 is 38.5. The van der Waals surface area contributed by atoms with Crippen molar-refractivity contribution in [3.63, 3.8) is 0 Å². The quantitative estimate of drug-likeness (QED) is 0.208. The highest BCUT2D eigenvalue weighted by molar-refractivity contribution is 9.10. The minimum absolute atomic E-state index is 0.211. The molecule has 10 nitrogen and oxygen atoms in total. The molecule has 0 aromatic heterocycles. The number of hydrogen-bond acceptors (Lipinski definition) is 7. The van der Waals surface area contributed by atoms with Gasteiger partial charge in [-0.3, -0.25) is 9.59 Å². The van der Waals surface area contributed by atoms with Gasteiger partial charge in [0.1, 0.15) is 11.8 Å². The average Bonchev–Trinajstić information content (AvgIpc) is 3.18. The molecule has 256 valence electrons. The number of rotatable bonds is 8. The molecule has 49 heavy (non-hydrogen) atoms. The third-order valence-corrected chi connectivity index (χ3v) is 8.40. The number of hydrogen-bond donors (Lipinski definition) is 3. The maximum atomic E-state index is 14.4. The Morgan fingerprint density at radius 1 is 1.06 bits per heavy atom. The van der Waals surface area contributed by atoms with Crippen molar-refractivity contribution in [2.24, 2.45) is 0 Å². The van der Waals surface area contributed by atoms with E-state index in [9.17, 15) is 28.0 Å². The molecule has 0 bridgehead atoms. The first-order chi connectivity index (χ1) is 23.3. The third kappa shape index (κ3) is 8.87. The molecule has 3 N–H and O–H groups in total. The Kier molecular flexibility index (Phi) is 11.9. The van der Waals surface area contributed by atoms with E-state index in [1.165, 1.54) is 0 Å². The number of alkyl halides is 3. The van der Waals surface area contributed by atoms with Gasteiger partial charge in [0.15, 0.2) is 0 Å². The number of carboxylic acid groups (broad SMARTS) is 1. The number of fused-ring (bicyclic) bond motifs is 2. The lowest BCUT2D eigenvalue weighted by Gasteiger charge is -2.27. The Bertz CT molecular complexity index is 1880. The molecular formula is C35H33BrF3N5O5. The van der Waals surface area contributed by atoms with Crippen LogP contribution in [0.1, 0.15) is 23.6 Å². The molecule has 0 radical (unpaired) electrons. The van der Waals surface area contributed by atoms with Gasteiger partial charge in [0.05, 0.1) is 42.7 Å². The predicted octanol–water partition coefficient (Wildman–Crippen LogP) is 5.76. The topological polar surface area (TPSA) is 135 Å². The zero-order valence-electron chi connectivity index (χ0n) is 26.7. The van der Waals surface area contributed by atoms with Crippen molar-refractivity contribution < 1.29 is 37.4 Å². The van der Waals surface area contributed by atoms with Gasteiger partial charge in [-0.2, -0.15) is 18.4 Å². The van der Waals surface area contributed by atoms with Crippen molar-refractivity contribution in [3.8, 4) is 11.8 Å². The number of para-hydroxylation sites is 2. The number of amides is 2. The fourth-order valence-corrected chi connectivity index (χ4v) is 5.65. The zero-order chi connectivity index (χ0) is 35.9. The van der Waals surface area contributed by atoms with Crippen LogP contribution in [0.2, 0.25) is 0 Å². The second-order valence-corrected chi connectivity index (χ2v) is 12.0. The number of nitrogens with zero attached hydrogens (tertiary/aromatic N) is 3. The number of likely N-dealkylation sites (N-methyl/N-ethyl adjacent to an activating group) is 1. The molecule has 0 spiro atoms. The Balaban J connectivity index is 0.000000698. The molecular weight excluding hydrogens is 707 g/mol. The molecule has 2 amide bonds. The van der Waals surface area contributed by atoms with Crippen LogP contribution in [0, 0.1) is 11.3 Å². The normalized spacial score (nSPS) is 14.9. The van der Waals surface area contributed by atoms with E-state index in [1.54, 1.807) is 38.1 Å². The summed E-state index contributed by atoms with van der Waals surface area (Å²) in [5.41, 5.74) is 4.06. The molecule has 0 unspecified atom stereocenters. The molecule has 0 aliphatic carbocycles. The van der Waals surface area contributed by atoms with Gasteiger partial charge in [-0.25, -0.2) is 4.79 Å². The Morgan fingerprint density at radius 3 is 2.31 bits per heavy atom. The Labute approximate surface area is 289 Å². The maximum absolute atomic E-state index is 14.4. The number of carbonyl (C=O) groups is 3. The van der Waals surface area contributed by atoms with Gasteiger partial charge in [-0.15, -0.1) is 0 Å². The van der Waals surface area contributed by atoms with E-state index < -0.39 is 24.2 Å². The Morgan fingerprint density at radius 2 is 1.71 bits per heavy atom. The fraction of sp³-hybridized carbons (Fsp3) is 0.257. The second-order valence-electron chi connectivity index (χ2n) is 11.1. The summed E-state index contributed by atoms with van der Waals surface area (Å²) in [5, 5.41) is 24.3. The first-order valence-electron chi connectivity index (χ1n) is 14.9. The lowest BCUT2D eigenvalue weighted by Crippen LogP contribution is -2.55. The molecule has 1 heterocycles.